The van der Waals surface area contributed by atoms with Crippen molar-refractivity contribution in [3.8, 4) is 0 Å². The lowest BCUT2D eigenvalue weighted by Gasteiger charge is -2.30. The summed E-state index contributed by atoms with van der Waals surface area (Å²) in [5.41, 5.74) is 11.6. The van der Waals surface area contributed by atoms with Gasteiger partial charge in [-0.3, -0.25) is 52.7 Å². The molecule has 432 valence electrons. The number of carbonyl (C=O) groups excluding carboxylic acids is 10. The zero-order valence-corrected chi connectivity index (χ0v) is 46.3. The molecule has 77 heavy (non-hydrogen) atoms. The molecule has 0 aliphatic rings. The van der Waals surface area contributed by atoms with Gasteiger partial charge in [-0.15, -0.1) is 0 Å². The highest BCUT2D eigenvalue weighted by atomic mass is 32.2. The van der Waals surface area contributed by atoms with Crippen LogP contribution in [-0.4, -0.2) is 172 Å². The van der Waals surface area contributed by atoms with Crippen LogP contribution < -0.4 is 59.3 Å². The summed E-state index contributed by atoms with van der Waals surface area (Å²) >= 11 is 5.45. The Labute approximate surface area is 457 Å². The monoisotopic (exact) mass is 1130 g/mol. The number of carboxylic acid groups (broad SMARTS) is 2. The minimum atomic E-state index is -1.54. The first kappa shape index (κ1) is 68.5. The summed E-state index contributed by atoms with van der Waals surface area (Å²) in [6, 6.07) is -3.93. The van der Waals surface area contributed by atoms with E-state index in [-0.39, 0.29) is 30.8 Å². The summed E-state index contributed by atoms with van der Waals surface area (Å²) < 4.78 is 0. The zero-order chi connectivity index (χ0) is 58.5. The van der Waals surface area contributed by atoms with Crippen molar-refractivity contribution in [2.24, 2.45) is 29.2 Å². The smallest absolute Gasteiger partial charge is 0.326 e. The Kier molecular flexibility index (Phi) is 31.8. The van der Waals surface area contributed by atoms with Gasteiger partial charge in [0, 0.05) is 25.0 Å². The highest BCUT2D eigenvalue weighted by Crippen LogP contribution is 2.14. The van der Waals surface area contributed by atoms with Gasteiger partial charge in [-0.05, 0) is 54.6 Å². The second kappa shape index (κ2) is 35.7. The van der Waals surface area contributed by atoms with E-state index in [0.29, 0.717) is 18.4 Å². The van der Waals surface area contributed by atoms with Gasteiger partial charge < -0.3 is 74.6 Å². The summed E-state index contributed by atoms with van der Waals surface area (Å²) in [6.07, 6.45) is 0.638. The average molecular weight is 1130 g/mol. The van der Waals surface area contributed by atoms with Gasteiger partial charge in [0.1, 0.15) is 54.4 Å². The third-order valence-corrected chi connectivity index (χ3v) is 13.4. The minimum Gasteiger partial charge on any atom is -0.481 e. The van der Waals surface area contributed by atoms with Gasteiger partial charge in [-0.2, -0.15) is 24.4 Å². The van der Waals surface area contributed by atoms with Crippen molar-refractivity contribution in [1.29, 1.82) is 0 Å². The molecule has 11 atom stereocenters. The molecule has 0 unspecified atom stereocenters. The van der Waals surface area contributed by atoms with Crippen LogP contribution in [0.1, 0.15) is 92.1 Å². The number of aliphatic hydroxyl groups is 1. The van der Waals surface area contributed by atoms with Gasteiger partial charge in [0.2, 0.25) is 59.1 Å². The summed E-state index contributed by atoms with van der Waals surface area (Å²) in [7, 11) is 0. The third kappa shape index (κ3) is 25.0. The second-order valence-corrected chi connectivity index (χ2v) is 20.1. The molecule has 28 heteroatoms. The fourth-order valence-corrected chi connectivity index (χ4v) is 7.95. The van der Waals surface area contributed by atoms with Crippen LogP contribution in [0, 0.1) is 17.8 Å². The van der Waals surface area contributed by atoms with Crippen molar-refractivity contribution < 1.29 is 72.9 Å². The number of benzene rings is 1. The molecule has 0 aromatic heterocycles. The van der Waals surface area contributed by atoms with Crippen LogP contribution in [0.15, 0.2) is 30.3 Å². The van der Waals surface area contributed by atoms with Gasteiger partial charge in [-0.1, -0.05) is 84.7 Å². The fourth-order valence-electron chi connectivity index (χ4n) is 7.22. The zero-order valence-electron chi connectivity index (χ0n) is 44.6. The first-order chi connectivity index (χ1) is 36.2. The number of thioether (sulfide) groups is 1. The molecule has 1 aromatic carbocycles. The molecule has 0 aliphatic heterocycles. The van der Waals surface area contributed by atoms with E-state index in [0.717, 1.165) is 0 Å². The minimum absolute atomic E-state index is 0.0304. The summed E-state index contributed by atoms with van der Waals surface area (Å²) in [4.78, 5) is 157. The predicted octanol–water partition coefficient (Wildman–Crippen LogP) is -2.81. The Morgan fingerprint density at radius 2 is 1.05 bits per heavy atom. The number of nitrogens with one attached hydrogen (secondary N) is 9. The number of primary amides is 1. The summed E-state index contributed by atoms with van der Waals surface area (Å²) in [5.74, 6) is -13.1. The van der Waals surface area contributed by atoms with E-state index >= 15 is 0 Å². The van der Waals surface area contributed by atoms with Crippen molar-refractivity contribution in [3.63, 3.8) is 0 Å². The van der Waals surface area contributed by atoms with Crippen LogP contribution in [0.25, 0.3) is 0 Å². The Bertz CT molecular complexity index is 2180. The highest BCUT2D eigenvalue weighted by molar-refractivity contribution is 7.98. The van der Waals surface area contributed by atoms with E-state index < -0.39 is 176 Å². The number of thiol groups is 1. The molecule has 0 bridgehead atoms. The molecule has 1 aromatic rings. The topological polar surface area (TPSA) is 426 Å². The van der Waals surface area contributed by atoms with Gasteiger partial charge in [0.25, 0.3) is 0 Å². The molecule has 0 saturated heterocycles. The number of carbonyl (C=O) groups is 12. The average Bonchev–Trinajstić information content (AvgIpc) is 3.39. The Hall–Kier alpha value is -6.52. The number of aliphatic hydroxyl groups excluding tert-OH is 1. The number of amides is 10. The van der Waals surface area contributed by atoms with Gasteiger partial charge in [-0.25, -0.2) is 4.79 Å². The molecule has 16 N–H and O–H groups in total. The number of hydrogen-bond donors (Lipinski definition) is 15. The van der Waals surface area contributed by atoms with E-state index in [1.165, 1.54) is 11.8 Å². The lowest BCUT2D eigenvalue weighted by Crippen LogP contribution is -2.62. The molecule has 0 radical (unpaired) electrons. The fraction of sp³-hybridized carbons (Fsp3) is 0.633. The van der Waals surface area contributed by atoms with Crippen LogP contribution in [0.2, 0.25) is 0 Å². The molecule has 1 rings (SSSR count). The second-order valence-electron chi connectivity index (χ2n) is 18.8. The molecular weight excluding hydrogens is 1050 g/mol. The van der Waals surface area contributed by atoms with Crippen LogP contribution in [0.3, 0.4) is 0 Å². The maximum absolute atomic E-state index is 14.2. The third-order valence-electron chi connectivity index (χ3n) is 12.4. The van der Waals surface area contributed by atoms with Gasteiger partial charge in [0.05, 0.1) is 13.2 Å². The van der Waals surface area contributed by atoms with E-state index in [1.807, 2.05) is 0 Å². The number of rotatable bonds is 37. The van der Waals surface area contributed by atoms with E-state index in [9.17, 15) is 72.9 Å². The highest BCUT2D eigenvalue weighted by Gasteiger charge is 2.37. The van der Waals surface area contributed by atoms with E-state index in [2.05, 4.69) is 60.5 Å². The molecule has 0 fully saturated rings. The molecular formula is C49H79N11O15S2. The van der Waals surface area contributed by atoms with Crippen molar-refractivity contribution in [1.82, 2.24) is 47.9 Å². The van der Waals surface area contributed by atoms with Crippen LogP contribution in [0.5, 0.6) is 0 Å². The molecule has 0 spiro atoms. The predicted molar refractivity (Wildman–Crippen MR) is 287 cm³/mol. The molecule has 0 aliphatic carbocycles. The number of carboxylic acids is 2. The molecule has 26 nitrogen and oxygen atoms in total. The van der Waals surface area contributed by atoms with Gasteiger partial charge >= 0.3 is 11.9 Å². The summed E-state index contributed by atoms with van der Waals surface area (Å²) in [6.45, 7) is 8.63. The van der Waals surface area contributed by atoms with Crippen LogP contribution >= 0.6 is 24.4 Å². The van der Waals surface area contributed by atoms with E-state index in [1.54, 1.807) is 78.1 Å². The number of nitrogens with two attached hydrogens (primary N) is 2. The van der Waals surface area contributed by atoms with E-state index in [4.69, 9.17) is 11.5 Å². The lowest BCUT2D eigenvalue weighted by atomic mass is 9.95. The van der Waals surface area contributed by atoms with Crippen molar-refractivity contribution in [2.45, 2.75) is 147 Å². The van der Waals surface area contributed by atoms with Gasteiger partial charge in [0.15, 0.2) is 0 Å². The number of hydrogen-bond acceptors (Lipinski definition) is 16. The summed E-state index contributed by atoms with van der Waals surface area (Å²) in [5, 5.41) is 50.6. The Balaban J connectivity index is 3.43. The maximum atomic E-state index is 14.2. The van der Waals surface area contributed by atoms with Crippen LogP contribution in [0.4, 0.5) is 0 Å². The normalized spacial score (nSPS) is 15.4. The maximum Gasteiger partial charge on any atom is 0.326 e. The largest absolute Gasteiger partial charge is 0.481 e. The van der Waals surface area contributed by atoms with Crippen molar-refractivity contribution >= 4 is 95.4 Å². The Morgan fingerprint density at radius 3 is 1.55 bits per heavy atom. The Morgan fingerprint density at radius 1 is 0.584 bits per heavy atom. The lowest BCUT2D eigenvalue weighted by molar-refractivity contribution is -0.143. The van der Waals surface area contributed by atoms with Crippen molar-refractivity contribution in [3.05, 3.63) is 35.9 Å². The first-order valence-corrected chi connectivity index (χ1v) is 27.2. The molecule has 0 heterocycles. The van der Waals surface area contributed by atoms with Crippen molar-refractivity contribution in [2.75, 3.05) is 30.9 Å². The first-order valence-electron chi connectivity index (χ1n) is 25.2. The quantitative estimate of drug-likeness (QED) is 0.0299. The molecule has 10 amide bonds. The molecule has 0 saturated carbocycles. The van der Waals surface area contributed by atoms with Crippen LogP contribution in [-0.2, 0) is 64.0 Å². The number of aliphatic carboxylic acids is 2. The standard InChI is InChI=1S/C49H79N11O15S2/c1-8-26(5)39(48(73)56-33(21-28-13-11-10-12-14-28)42(67)52-22-36(63)58-40(49(74)75)27(6)9-2)60-47(72)38(25(3)4)59-45(70)30(15-17-35(51)62)54-44(69)32(19-20-77-7)55-46(71)34(24-76)57-43(68)31(16-18-37(64)65)53-41(66)29(50)23-61/h10-14,25-27,29-34,38-40,61,76H,8-9,15-24,50H2,1-7H3,(H2,51,62)(H,52,67)(H,53,66)(H,54,69)(H,55,71)(H,56,73)(H,57,68)(H,58,63)(H,59,70)(H,60,72)(H,64,65)(H,74,75)/t26-,27-,29-,30-,31-,32-,33-,34-,38-,39-,40-/m0/s1. The SMILES string of the molecule is CC[C@H](C)[C@H](NC(=O)CNC(=O)[C@H](Cc1ccccc1)NC(=O)[C@@H](NC(=O)[C@@H](NC(=O)[C@H](CCC(N)=O)NC(=O)[C@H](CCSC)NC(=O)[C@H](CS)NC(=O)[C@H](CCC(=O)O)NC(=O)[C@@H](N)CO)C(C)C)[C@@H](C)CC)C(=O)O.